The van der Waals surface area contributed by atoms with Crippen molar-refractivity contribution in [3.05, 3.63) is 28.8 Å². The molecule has 1 aromatic rings. The zero-order valence-electron chi connectivity index (χ0n) is 22.9. The molecule has 1 aromatic carbocycles. The first kappa shape index (κ1) is 32.8. The van der Waals surface area contributed by atoms with Gasteiger partial charge in [0.25, 0.3) is 0 Å². The number of hydrogen-bond acceptors (Lipinski definition) is 12. The van der Waals surface area contributed by atoms with Crippen LogP contribution in [0.25, 0.3) is 0 Å². The summed E-state index contributed by atoms with van der Waals surface area (Å²) in [5.74, 6) is -2.76. The Kier molecular flexibility index (Phi) is 13.1. The van der Waals surface area contributed by atoms with E-state index < -0.39 is 73.6 Å². The Bertz CT molecular complexity index is 1060. The zero-order chi connectivity index (χ0) is 29.8. The molecule has 0 spiro atoms. The molecule has 1 heterocycles. The molecule has 14 heteroatoms. The molecule has 1 fully saturated rings. The monoisotopic (exact) mass is 587 g/mol. The number of carbonyl (C=O) groups is 5. The highest BCUT2D eigenvalue weighted by Crippen LogP contribution is 2.28. The van der Waals surface area contributed by atoms with Gasteiger partial charge in [0.1, 0.15) is 37.2 Å². The van der Waals surface area contributed by atoms with Crippen LogP contribution < -0.4 is 10.1 Å². The van der Waals surface area contributed by atoms with E-state index in [2.05, 4.69) is 10.1 Å². The largest absolute Gasteiger partial charge is 0.493 e. The number of halogens is 1. The summed E-state index contributed by atoms with van der Waals surface area (Å²) in [6.45, 7) is 4.50. The van der Waals surface area contributed by atoms with Gasteiger partial charge in [-0.05, 0) is 37.1 Å². The first-order valence-corrected chi connectivity index (χ1v) is 12.8. The number of amides is 1. The first-order valence-electron chi connectivity index (χ1n) is 12.4. The molecule has 0 radical (unpaired) electrons. The highest BCUT2D eigenvalue weighted by atomic mass is 35.5. The summed E-state index contributed by atoms with van der Waals surface area (Å²) in [5.41, 5.74) is 0.839. The van der Waals surface area contributed by atoms with E-state index in [9.17, 15) is 24.0 Å². The van der Waals surface area contributed by atoms with Crippen LogP contribution in [0.5, 0.6) is 5.75 Å². The van der Waals surface area contributed by atoms with Crippen LogP contribution in [0, 0.1) is 6.92 Å². The van der Waals surface area contributed by atoms with Gasteiger partial charge < -0.3 is 38.5 Å². The molecule has 13 nitrogen and oxygen atoms in total. The van der Waals surface area contributed by atoms with E-state index in [1.54, 1.807) is 18.2 Å². The molecule has 1 N–H and O–H groups in total. The number of carbonyl (C=O) groups excluding carboxylic acids is 5. The Morgan fingerprint density at radius 2 is 1.70 bits per heavy atom. The van der Waals surface area contributed by atoms with E-state index in [-0.39, 0.29) is 13.0 Å². The smallest absolute Gasteiger partial charge is 0.331 e. The molecule has 2 rings (SSSR count). The molecule has 1 amide bonds. The third-order valence-corrected chi connectivity index (χ3v) is 5.81. The maximum absolute atomic E-state index is 12.9. The van der Waals surface area contributed by atoms with Crippen molar-refractivity contribution >= 4 is 41.4 Å². The zero-order valence-corrected chi connectivity index (χ0v) is 23.7. The summed E-state index contributed by atoms with van der Waals surface area (Å²) in [6, 6.07) is 3.95. The van der Waals surface area contributed by atoms with Crippen molar-refractivity contribution in [1.82, 2.24) is 5.32 Å². The predicted molar refractivity (Wildman–Crippen MR) is 137 cm³/mol. The van der Waals surface area contributed by atoms with Gasteiger partial charge in [-0.1, -0.05) is 11.6 Å². The van der Waals surface area contributed by atoms with Crippen molar-refractivity contribution < 1.29 is 57.1 Å². The van der Waals surface area contributed by atoms with Crippen LogP contribution in [0.2, 0.25) is 5.02 Å². The number of aryl methyl sites for hydroxylation is 1. The van der Waals surface area contributed by atoms with Crippen LogP contribution in [-0.4, -0.2) is 87.4 Å². The van der Waals surface area contributed by atoms with Crippen LogP contribution in [-0.2, 0) is 52.4 Å². The Morgan fingerprint density at radius 1 is 1.00 bits per heavy atom. The summed E-state index contributed by atoms with van der Waals surface area (Å²) >= 11 is 5.96. The summed E-state index contributed by atoms with van der Waals surface area (Å²) in [5, 5.41) is 3.26. The molecular formula is C26H34ClNO12. The standard InChI is InChI=1S/C26H34ClNO12/c1-14-11-18(27)8-9-19(14)35-10-6-7-21(32)28-23-25(37-13-22(33)34-5)24(38-16(3)30)20(12-36-15(2)29)40-26(23)39-17(4)31/h8-9,11,20,23-26H,6-7,10,12-13H2,1-5H3,(H,28,32)/t20-,23-,24+,25+,26+/m0/s1. The topological polar surface area (TPSA) is 162 Å². The minimum atomic E-state index is -1.44. The van der Waals surface area contributed by atoms with E-state index >= 15 is 0 Å². The first-order chi connectivity index (χ1) is 18.9. The second-order valence-electron chi connectivity index (χ2n) is 8.84. The fourth-order valence-corrected chi connectivity index (χ4v) is 4.08. The summed E-state index contributed by atoms with van der Waals surface area (Å²) in [4.78, 5) is 60.0. The predicted octanol–water partition coefficient (Wildman–Crippen LogP) is 1.63. The maximum atomic E-state index is 12.9. The maximum Gasteiger partial charge on any atom is 0.331 e. The van der Waals surface area contributed by atoms with Crippen LogP contribution >= 0.6 is 11.6 Å². The molecule has 1 aliphatic rings. The van der Waals surface area contributed by atoms with Crippen LogP contribution in [0.3, 0.4) is 0 Å². The van der Waals surface area contributed by atoms with Gasteiger partial charge in [-0.3, -0.25) is 19.2 Å². The third kappa shape index (κ3) is 10.6. The van der Waals surface area contributed by atoms with Gasteiger partial charge in [-0.2, -0.15) is 0 Å². The molecule has 0 aliphatic carbocycles. The molecular weight excluding hydrogens is 554 g/mol. The quantitative estimate of drug-likeness (QED) is 0.202. The number of benzene rings is 1. The average molecular weight is 588 g/mol. The lowest BCUT2D eigenvalue weighted by atomic mass is 9.96. The van der Waals surface area contributed by atoms with E-state index in [0.717, 1.165) is 26.5 Å². The van der Waals surface area contributed by atoms with Crippen molar-refractivity contribution in [1.29, 1.82) is 0 Å². The van der Waals surface area contributed by atoms with Gasteiger partial charge in [0.15, 0.2) is 6.10 Å². The van der Waals surface area contributed by atoms with E-state index in [1.807, 2.05) is 6.92 Å². The van der Waals surface area contributed by atoms with Crippen LogP contribution in [0.1, 0.15) is 39.2 Å². The number of nitrogens with one attached hydrogen (secondary N) is 1. The lowest BCUT2D eigenvalue weighted by molar-refractivity contribution is -0.274. The fraction of sp³-hybridized carbons (Fsp3) is 0.577. The minimum Gasteiger partial charge on any atom is -0.493 e. The SMILES string of the molecule is COC(=O)CO[C@@H]1[C@H](NC(=O)CCCOc2ccc(Cl)cc2C)[C@H](OC(C)=O)O[C@@H](COC(C)=O)[C@H]1OC(C)=O. The number of hydrogen-bond donors (Lipinski definition) is 1. The Labute approximate surface area is 236 Å². The molecule has 0 bridgehead atoms. The fourth-order valence-electron chi connectivity index (χ4n) is 3.86. The van der Waals surface area contributed by atoms with Gasteiger partial charge in [-0.15, -0.1) is 0 Å². The van der Waals surface area contributed by atoms with E-state index in [0.29, 0.717) is 17.2 Å². The Morgan fingerprint density at radius 3 is 2.30 bits per heavy atom. The van der Waals surface area contributed by atoms with Gasteiger partial charge in [0, 0.05) is 32.2 Å². The van der Waals surface area contributed by atoms with Gasteiger partial charge >= 0.3 is 23.9 Å². The van der Waals surface area contributed by atoms with Crippen molar-refractivity contribution in [2.75, 3.05) is 26.9 Å². The molecule has 1 aliphatic heterocycles. The molecule has 0 aromatic heterocycles. The summed E-state index contributed by atoms with van der Waals surface area (Å²) in [7, 11) is 1.15. The third-order valence-electron chi connectivity index (χ3n) is 5.57. The van der Waals surface area contributed by atoms with Crippen LogP contribution in [0.4, 0.5) is 0 Å². The molecule has 40 heavy (non-hydrogen) atoms. The van der Waals surface area contributed by atoms with Gasteiger partial charge in [-0.25, -0.2) is 4.79 Å². The highest BCUT2D eigenvalue weighted by Gasteiger charge is 2.51. The van der Waals surface area contributed by atoms with Crippen molar-refractivity contribution in [2.45, 2.75) is 71.2 Å². The normalized spacial score (nSPS) is 22.0. The molecule has 1 saturated heterocycles. The number of esters is 4. The summed E-state index contributed by atoms with van der Waals surface area (Å²) in [6.07, 6.45) is -4.83. The highest BCUT2D eigenvalue weighted by molar-refractivity contribution is 6.30. The summed E-state index contributed by atoms with van der Waals surface area (Å²) < 4.78 is 37.5. The molecule has 222 valence electrons. The minimum absolute atomic E-state index is 0.00520. The average Bonchev–Trinajstić information content (AvgIpc) is 2.86. The lowest BCUT2D eigenvalue weighted by Gasteiger charge is -2.44. The number of methoxy groups -OCH3 is 1. The van der Waals surface area contributed by atoms with Crippen molar-refractivity contribution in [2.24, 2.45) is 0 Å². The molecule has 0 saturated carbocycles. The van der Waals surface area contributed by atoms with Crippen molar-refractivity contribution in [3.8, 4) is 5.75 Å². The van der Waals surface area contributed by atoms with Crippen LogP contribution in [0.15, 0.2) is 18.2 Å². The number of rotatable bonds is 13. The van der Waals surface area contributed by atoms with E-state index in [4.69, 9.17) is 40.0 Å². The number of ether oxygens (including phenoxy) is 7. The molecule has 5 atom stereocenters. The van der Waals surface area contributed by atoms with E-state index in [1.165, 1.54) is 6.92 Å². The van der Waals surface area contributed by atoms with Gasteiger partial charge in [0.2, 0.25) is 12.2 Å². The second-order valence-corrected chi connectivity index (χ2v) is 9.27. The Hall–Kier alpha value is -3.42. The molecule has 0 unspecified atom stereocenters. The lowest BCUT2D eigenvalue weighted by Crippen LogP contribution is -2.66. The Balaban J connectivity index is 2.21. The van der Waals surface area contributed by atoms with Gasteiger partial charge in [0.05, 0.1) is 13.7 Å². The van der Waals surface area contributed by atoms with Crippen molar-refractivity contribution in [3.63, 3.8) is 0 Å². The second kappa shape index (κ2) is 16.0.